The van der Waals surface area contributed by atoms with Crippen molar-refractivity contribution in [2.24, 2.45) is 7.05 Å². The molecule has 10 heavy (non-hydrogen) atoms. The number of aromatic nitrogens is 2. The van der Waals surface area contributed by atoms with E-state index in [0.29, 0.717) is 0 Å². The van der Waals surface area contributed by atoms with Crippen LogP contribution in [0.25, 0.3) is 11.3 Å². The van der Waals surface area contributed by atoms with Gasteiger partial charge in [0.1, 0.15) is 0 Å². The second-order valence-corrected chi connectivity index (χ2v) is 2.40. The van der Waals surface area contributed by atoms with Crippen molar-refractivity contribution >= 4 is 0 Å². The Morgan fingerprint density at radius 1 is 1.40 bits per heavy atom. The molecule has 0 aromatic heterocycles. The van der Waals surface area contributed by atoms with Gasteiger partial charge in [0, 0.05) is 31.2 Å². The largest absolute Gasteiger partial charge is 0.357 e. The molecule has 0 radical (unpaired) electrons. The smallest absolute Gasteiger partial charge is 0.0731 e. The summed E-state index contributed by atoms with van der Waals surface area (Å²) in [5, 5.41) is 0. The summed E-state index contributed by atoms with van der Waals surface area (Å²) in [6.07, 6.45) is 5.88. The van der Waals surface area contributed by atoms with Gasteiger partial charge in [0.15, 0.2) is 0 Å². The molecule has 0 unspecified atom stereocenters. The quantitative estimate of drug-likeness (QED) is 0.531. The van der Waals surface area contributed by atoms with E-state index in [9.17, 15) is 0 Å². The molecule has 0 spiro atoms. The van der Waals surface area contributed by atoms with Crippen LogP contribution in [-0.4, -0.2) is 9.55 Å². The third-order valence-corrected chi connectivity index (χ3v) is 1.57. The van der Waals surface area contributed by atoms with E-state index in [-0.39, 0.29) is 0 Å². The molecule has 2 heteroatoms. The van der Waals surface area contributed by atoms with Crippen molar-refractivity contribution in [2.75, 3.05) is 0 Å². The third-order valence-electron chi connectivity index (χ3n) is 1.57. The average molecular weight is 132 g/mol. The van der Waals surface area contributed by atoms with Crippen molar-refractivity contribution in [3.05, 3.63) is 30.7 Å². The summed E-state index contributed by atoms with van der Waals surface area (Å²) in [7, 11) is 2.01. The van der Waals surface area contributed by atoms with Crippen molar-refractivity contribution in [1.29, 1.82) is 0 Å². The zero-order chi connectivity index (χ0) is 6.97. The second-order valence-electron chi connectivity index (χ2n) is 2.40. The first kappa shape index (κ1) is 5.47. The van der Waals surface area contributed by atoms with Crippen LogP contribution in [0.5, 0.6) is 0 Å². The van der Waals surface area contributed by atoms with Crippen LogP contribution in [0.2, 0.25) is 0 Å². The Balaban J connectivity index is 2.75. The van der Waals surface area contributed by atoms with E-state index < -0.39 is 0 Å². The highest BCUT2D eigenvalue weighted by atomic mass is 14.9. The fourth-order valence-corrected chi connectivity index (χ4v) is 1.06. The van der Waals surface area contributed by atoms with Crippen LogP contribution < -0.4 is 0 Å². The van der Waals surface area contributed by atoms with Crippen LogP contribution >= 0.6 is 0 Å². The molecule has 0 N–H and O–H groups in total. The van der Waals surface area contributed by atoms with Gasteiger partial charge in [-0.05, 0) is 12.1 Å². The molecule has 0 saturated heterocycles. The Morgan fingerprint density at radius 2 is 2.30 bits per heavy atom. The summed E-state index contributed by atoms with van der Waals surface area (Å²) in [5.41, 5.74) is 2.27. The molecule has 0 bridgehead atoms. The van der Waals surface area contributed by atoms with Gasteiger partial charge in [-0.1, -0.05) is 0 Å². The molecule has 2 aliphatic heterocycles. The van der Waals surface area contributed by atoms with E-state index >= 15 is 0 Å². The van der Waals surface area contributed by atoms with Crippen molar-refractivity contribution in [2.45, 2.75) is 0 Å². The Kier molecular flexibility index (Phi) is 1.01. The molecule has 0 amide bonds. The SMILES string of the molecule is Cn1ccc2nccc-2c1. The molecule has 0 aromatic rings. The lowest BCUT2D eigenvalue weighted by molar-refractivity contribution is 0.904. The zero-order valence-electron chi connectivity index (χ0n) is 5.78. The van der Waals surface area contributed by atoms with Gasteiger partial charge in [-0.25, -0.2) is 0 Å². The lowest BCUT2D eigenvalue weighted by Gasteiger charge is -1.99. The van der Waals surface area contributed by atoms with Crippen molar-refractivity contribution in [3.8, 4) is 11.3 Å². The monoisotopic (exact) mass is 132 g/mol. The molecular weight excluding hydrogens is 124 g/mol. The molecule has 0 aliphatic carbocycles. The fourth-order valence-electron chi connectivity index (χ4n) is 1.06. The van der Waals surface area contributed by atoms with Gasteiger partial charge in [0.25, 0.3) is 0 Å². The minimum Gasteiger partial charge on any atom is -0.357 e. The lowest BCUT2D eigenvalue weighted by atomic mass is 10.2. The molecule has 0 atom stereocenters. The minimum atomic E-state index is 1.07. The normalized spacial score (nSPS) is 10.5. The summed E-state index contributed by atoms with van der Waals surface area (Å²) in [5.74, 6) is 0. The molecule has 2 rings (SSSR count). The van der Waals surface area contributed by atoms with Crippen LogP contribution in [0.3, 0.4) is 0 Å². The Bertz CT molecular complexity index is 311. The molecule has 2 aliphatic rings. The van der Waals surface area contributed by atoms with Crippen molar-refractivity contribution < 1.29 is 0 Å². The lowest BCUT2D eigenvalue weighted by Crippen LogP contribution is -1.89. The van der Waals surface area contributed by atoms with Crippen LogP contribution in [-0.2, 0) is 7.05 Å². The number of nitrogens with zero attached hydrogens (tertiary/aromatic N) is 2. The highest BCUT2D eigenvalue weighted by Gasteiger charge is 1.99. The maximum atomic E-state index is 4.15. The molecule has 0 aromatic carbocycles. The third kappa shape index (κ3) is 0.692. The molecule has 50 valence electrons. The van der Waals surface area contributed by atoms with Crippen LogP contribution in [0.1, 0.15) is 0 Å². The summed E-state index contributed by atoms with van der Waals surface area (Å²) in [6, 6.07) is 4.02. The van der Waals surface area contributed by atoms with Gasteiger partial charge in [0.2, 0.25) is 0 Å². The van der Waals surface area contributed by atoms with E-state index in [2.05, 4.69) is 11.2 Å². The number of fused-ring (bicyclic) bond motifs is 1. The Morgan fingerprint density at radius 3 is 3.20 bits per heavy atom. The van der Waals surface area contributed by atoms with Crippen LogP contribution in [0.4, 0.5) is 0 Å². The summed E-state index contributed by atoms with van der Waals surface area (Å²) in [6.45, 7) is 0. The fraction of sp³-hybridized carbons (Fsp3) is 0.125. The molecule has 2 heterocycles. The topological polar surface area (TPSA) is 17.8 Å². The maximum Gasteiger partial charge on any atom is 0.0731 e. The molecule has 2 nitrogen and oxygen atoms in total. The van der Waals surface area contributed by atoms with Gasteiger partial charge >= 0.3 is 0 Å². The van der Waals surface area contributed by atoms with E-state index in [1.54, 1.807) is 0 Å². The van der Waals surface area contributed by atoms with E-state index in [0.717, 1.165) is 5.69 Å². The maximum absolute atomic E-state index is 4.15. The molecular formula is C8H8N2. The Labute approximate surface area is 59.5 Å². The number of hydrogen-bond acceptors (Lipinski definition) is 1. The van der Waals surface area contributed by atoms with E-state index in [4.69, 9.17) is 0 Å². The van der Waals surface area contributed by atoms with Gasteiger partial charge in [0.05, 0.1) is 5.69 Å². The molecule has 0 saturated carbocycles. The van der Waals surface area contributed by atoms with E-state index in [1.807, 2.05) is 36.1 Å². The van der Waals surface area contributed by atoms with Gasteiger partial charge in [-0.3, -0.25) is 4.98 Å². The standard InChI is InChI=1S/C8H8N2/c1-10-5-3-8-7(6-10)2-4-9-8/h2-6H,1H3. The van der Waals surface area contributed by atoms with Gasteiger partial charge < -0.3 is 4.57 Å². The summed E-state index contributed by atoms with van der Waals surface area (Å²) in [4.78, 5) is 4.15. The van der Waals surface area contributed by atoms with Crippen LogP contribution in [0.15, 0.2) is 30.7 Å². The van der Waals surface area contributed by atoms with Crippen molar-refractivity contribution in [3.63, 3.8) is 0 Å². The average Bonchev–Trinajstić information content (AvgIpc) is 2.33. The minimum absolute atomic E-state index is 1.07. The first-order chi connectivity index (χ1) is 4.86. The summed E-state index contributed by atoms with van der Waals surface area (Å²) >= 11 is 0. The first-order valence-corrected chi connectivity index (χ1v) is 3.23. The summed E-state index contributed by atoms with van der Waals surface area (Å²) < 4.78 is 2.02. The highest BCUT2D eigenvalue weighted by Crippen LogP contribution is 2.17. The first-order valence-electron chi connectivity index (χ1n) is 3.23. The number of rotatable bonds is 0. The molecule has 0 fully saturated rings. The predicted molar refractivity (Wildman–Crippen MR) is 39.8 cm³/mol. The number of hydrogen-bond donors (Lipinski definition) is 0. The van der Waals surface area contributed by atoms with E-state index in [1.165, 1.54) is 5.56 Å². The highest BCUT2D eigenvalue weighted by molar-refractivity contribution is 5.59. The predicted octanol–water partition coefficient (Wildman–Crippen LogP) is 1.52. The number of pyridine rings is 1. The van der Waals surface area contributed by atoms with Gasteiger partial charge in [-0.15, -0.1) is 0 Å². The van der Waals surface area contributed by atoms with Crippen molar-refractivity contribution in [1.82, 2.24) is 9.55 Å². The zero-order valence-corrected chi connectivity index (χ0v) is 5.78. The van der Waals surface area contributed by atoms with Gasteiger partial charge in [-0.2, -0.15) is 0 Å². The second kappa shape index (κ2) is 1.84. The number of aryl methyl sites for hydroxylation is 1. The Hall–Kier alpha value is -1.31. The van der Waals surface area contributed by atoms with Crippen LogP contribution in [0, 0.1) is 0 Å².